The maximum Gasteiger partial charge on any atom is 0.490 e. The first-order valence-electron chi connectivity index (χ1n) is 15.0. The van der Waals surface area contributed by atoms with E-state index in [0.717, 1.165) is 25.9 Å². The molecule has 17 heteroatoms. The van der Waals surface area contributed by atoms with Crippen molar-refractivity contribution in [3.05, 3.63) is 58.9 Å². The number of carboxylic acid groups (broad SMARTS) is 1. The van der Waals surface area contributed by atoms with Crippen molar-refractivity contribution >= 4 is 27.8 Å². The predicted molar refractivity (Wildman–Crippen MR) is 161 cm³/mol. The van der Waals surface area contributed by atoms with Crippen LogP contribution < -0.4 is 10.0 Å². The van der Waals surface area contributed by atoms with E-state index >= 15 is 0 Å². The minimum Gasteiger partial charge on any atom is -0.475 e. The summed E-state index contributed by atoms with van der Waals surface area (Å²) in [5, 5.41) is 10.2. The van der Waals surface area contributed by atoms with Crippen molar-refractivity contribution in [1.29, 1.82) is 0 Å². The van der Waals surface area contributed by atoms with Crippen LogP contribution in [0.3, 0.4) is 0 Å². The van der Waals surface area contributed by atoms with E-state index in [-0.39, 0.29) is 35.6 Å². The summed E-state index contributed by atoms with van der Waals surface area (Å²) in [4.78, 5) is 47.8. The molecule has 3 atom stereocenters. The third-order valence-electron chi connectivity index (χ3n) is 8.72. The van der Waals surface area contributed by atoms with Gasteiger partial charge in [-0.05, 0) is 62.6 Å². The fraction of sp³-hybridized carbons (Fsp3) is 0.567. The number of rotatable bonds is 9. The summed E-state index contributed by atoms with van der Waals surface area (Å²) >= 11 is 0. The molecule has 258 valence electrons. The van der Waals surface area contributed by atoms with Gasteiger partial charge in [-0.3, -0.25) is 9.59 Å². The van der Waals surface area contributed by atoms with E-state index in [2.05, 4.69) is 24.9 Å². The smallest absolute Gasteiger partial charge is 0.475 e. The number of aryl methyl sites for hydroxylation is 2. The highest BCUT2D eigenvalue weighted by Crippen LogP contribution is 2.34. The molecule has 3 heterocycles. The molecule has 2 amide bonds. The van der Waals surface area contributed by atoms with Gasteiger partial charge in [-0.2, -0.15) is 13.2 Å². The summed E-state index contributed by atoms with van der Waals surface area (Å²) in [6, 6.07) is 5.73. The van der Waals surface area contributed by atoms with E-state index < -0.39 is 22.2 Å². The molecule has 0 bridgehead atoms. The second-order valence-electron chi connectivity index (χ2n) is 12.4. The predicted octanol–water partition coefficient (Wildman–Crippen LogP) is 2.45. The molecule has 3 fully saturated rings. The number of hydrogen-bond acceptors (Lipinski definition) is 8. The maximum atomic E-state index is 14.1. The molecule has 1 aromatic carbocycles. The molecular formula is C30H38F4N6O6S. The van der Waals surface area contributed by atoms with Crippen LogP contribution in [0.5, 0.6) is 0 Å². The van der Waals surface area contributed by atoms with Crippen LogP contribution in [-0.4, -0.2) is 102 Å². The lowest BCUT2D eigenvalue weighted by Crippen LogP contribution is -2.49. The summed E-state index contributed by atoms with van der Waals surface area (Å²) in [6.45, 7) is 7.53. The van der Waals surface area contributed by atoms with E-state index in [1.54, 1.807) is 6.07 Å². The number of aromatic nitrogens is 2. The number of amides is 2. The Bertz CT molecular complexity index is 1550. The van der Waals surface area contributed by atoms with Crippen molar-refractivity contribution in [2.45, 2.75) is 51.4 Å². The van der Waals surface area contributed by atoms with Crippen molar-refractivity contribution in [3.63, 3.8) is 0 Å². The number of nitrogens with zero attached hydrogens (tertiary/aromatic N) is 4. The number of benzene rings is 1. The van der Waals surface area contributed by atoms with Crippen LogP contribution in [0.15, 0.2) is 30.6 Å². The van der Waals surface area contributed by atoms with Crippen LogP contribution in [0.25, 0.3) is 0 Å². The Morgan fingerprint density at radius 1 is 1.04 bits per heavy atom. The number of carboxylic acids is 1. The van der Waals surface area contributed by atoms with Crippen LogP contribution in [0.2, 0.25) is 0 Å². The third-order valence-corrected chi connectivity index (χ3v) is 9.48. The highest BCUT2D eigenvalue weighted by Gasteiger charge is 2.43. The molecule has 0 radical (unpaired) electrons. The van der Waals surface area contributed by atoms with Crippen molar-refractivity contribution in [1.82, 2.24) is 29.8 Å². The molecule has 3 N–H and O–H groups in total. The zero-order valence-corrected chi connectivity index (χ0v) is 26.9. The Balaban J connectivity index is 0.000000644. The molecule has 2 aromatic rings. The van der Waals surface area contributed by atoms with Crippen molar-refractivity contribution in [3.8, 4) is 0 Å². The van der Waals surface area contributed by atoms with Crippen LogP contribution in [-0.2, 0) is 19.6 Å². The van der Waals surface area contributed by atoms with Crippen molar-refractivity contribution < 1.29 is 45.5 Å². The van der Waals surface area contributed by atoms with Gasteiger partial charge in [0.2, 0.25) is 15.9 Å². The zero-order chi connectivity index (χ0) is 34.7. The first-order valence-corrected chi connectivity index (χ1v) is 16.9. The van der Waals surface area contributed by atoms with Crippen LogP contribution in [0.1, 0.15) is 52.6 Å². The Hall–Kier alpha value is -3.70. The second kappa shape index (κ2) is 14.6. The van der Waals surface area contributed by atoms with Gasteiger partial charge in [0.25, 0.3) is 5.91 Å². The minimum absolute atomic E-state index is 0.00426. The molecule has 2 saturated heterocycles. The molecular weight excluding hydrogens is 648 g/mol. The molecule has 5 rings (SSSR count). The van der Waals surface area contributed by atoms with Gasteiger partial charge < -0.3 is 20.2 Å². The van der Waals surface area contributed by atoms with Gasteiger partial charge in [-0.1, -0.05) is 12.1 Å². The Kier molecular flexibility index (Phi) is 11.2. The topological polar surface area (TPSA) is 162 Å². The minimum atomic E-state index is -5.08. The Morgan fingerprint density at radius 2 is 1.62 bits per heavy atom. The molecule has 2 aliphatic heterocycles. The van der Waals surface area contributed by atoms with Gasteiger partial charge in [-0.25, -0.2) is 32.3 Å². The summed E-state index contributed by atoms with van der Waals surface area (Å²) in [5.74, 6) is -2.76. The molecule has 1 aromatic heterocycles. The Labute approximate surface area is 270 Å². The molecule has 47 heavy (non-hydrogen) atoms. The summed E-state index contributed by atoms with van der Waals surface area (Å²) < 4.78 is 71.2. The van der Waals surface area contributed by atoms with Crippen LogP contribution in [0, 0.1) is 37.4 Å². The molecule has 1 aliphatic carbocycles. The molecule has 12 nitrogen and oxygen atoms in total. The standard InChI is InChI=1S/C28H37FN6O4S.C2HF3O2/c1-17-26(18(2)31-16-30-17)28(37)35-14-21-12-34(13-22(21)15-35)8-7-25(19-5-4-6-23(29)9-19)32-27(36)20-10-24(11-20)33-40(3,38)39;3-2(4,5)1(6)7/h4-6,9,16,20-22,24-25,33H,7-8,10-15H2,1-3H3,(H,32,36);(H,6,7)/t20?,21-,22?,24?,25?;/m0./s1. The number of nitrogens with one attached hydrogen (secondary N) is 2. The molecule has 2 unspecified atom stereocenters. The van der Waals surface area contributed by atoms with E-state index in [0.29, 0.717) is 66.7 Å². The largest absolute Gasteiger partial charge is 0.490 e. The van der Waals surface area contributed by atoms with E-state index in [9.17, 15) is 35.6 Å². The van der Waals surface area contributed by atoms with Crippen LogP contribution >= 0.6 is 0 Å². The second-order valence-corrected chi connectivity index (χ2v) is 14.2. The highest BCUT2D eigenvalue weighted by molar-refractivity contribution is 7.88. The van der Waals surface area contributed by atoms with Gasteiger partial charge in [0.1, 0.15) is 12.1 Å². The molecule has 3 aliphatic rings. The number of hydrogen-bond donors (Lipinski definition) is 3. The number of carbonyl (C=O) groups is 3. The molecule has 0 spiro atoms. The zero-order valence-electron chi connectivity index (χ0n) is 26.1. The number of likely N-dealkylation sites (tertiary alicyclic amines) is 2. The summed E-state index contributed by atoms with van der Waals surface area (Å²) in [5.41, 5.74) is 2.71. The van der Waals surface area contributed by atoms with Gasteiger partial charge >= 0.3 is 12.1 Å². The average Bonchev–Trinajstić information content (AvgIpc) is 3.51. The lowest BCUT2D eigenvalue weighted by atomic mass is 9.80. The average molecular weight is 687 g/mol. The van der Waals surface area contributed by atoms with Crippen LogP contribution in [0.4, 0.5) is 17.6 Å². The first-order chi connectivity index (χ1) is 21.9. The fourth-order valence-corrected chi connectivity index (χ4v) is 7.17. The maximum absolute atomic E-state index is 14.1. The number of fused-ring (bicyclic) bond motifs is 1. The number of alkyl halides is 3. The summed E-state index contributed by atoms with van der Waals surface area (Å²) in [7, 11) is -3.31. The lowest BCUT2D eigenvalue weighted by molar-refractivity contribution is -0.192. The van der Waals surface area contributed by atoms with Crippen molar-refractivity contribution in [2.75, 3.05) is 39.0 Å². The number of aliphatic carboxylic acids is 1. The van der Waals surface area contributed by atoms with Gasteiger partial charge in [0.15, 0.2) is 0 Å². The van der Waals surface area contributed by atoms with E-state index in [1.807, 2.05) is 24.8 Å². The normalized spacial score (nSPS) is 23.3. The lowest BCUT2D eigenvalue weighted by Gasteiger charge is -2.35. The van der Waals surface area contributed by atoms with Gasteiger partial charge in [0, 0.05) is 44.7 Å². The van der Waals surface area contributed by atoms with E-state index in [4.69, 9.17) is 9.90 Å². The SMILES string of the molecule is Cc1ncnc(C)c1C(=O)N1CC2CN(CCC(NC(=O)C3CC(NS(C)(=O)=O)C3)c3cccc(F)c3)C[C@H]2C1.O=C(O)C(F)(F)F. The number of sulfonamides is 1. The van der Waals surface area contributed by atoms with Crippen molar-refractivity contribution in [2.24, 2.45) is 17.8 Å². The first kappa shape index (κ1) is 36.1. The van der Waals surface area contributed by atoms with E-state index in [1.165, 1.54) is 18.5 Å². The van der Waals surface area contributed by atoms with Gasteiger partial charge in [-0.15, -0.1) is 0 Å². The van der Waals surface area contributed by atoms with Gasteiger partial charge in [0.05, 0.1) is 29.2 Å². The Morgan fingerprint density at radius 3 is 2.13 bits per heavy atom. The molecule has 1 saturated carbocycles. The summed E-state index contributed by atoms with van der Waals surface area (Å²) in [6.07, 6.45) is -0.963. The quantitative estimate of drug-likeness (QED) is 0.337. The third kappa shape index (κ3) is 9.67. The fourth-order valence-electron chi connectivity index (χ4n) is 6.38. The monoisotopic (exact) mass is 686 g/mol. The number of halogens is 4. The number of carbonyl (C=O) groups excluding carboxylic acids is 2. The highest BCUT2D eigenvalue weighted by atomic mass is 32.2.